The fraction of sp³-hybridized carbons (Fsp3) is 0.250. The zero-order valence-electron chi connectivity index (χ0n) is 21.4. The van der Waals surface area contributed by atoms with Crippen LogP contribution in [0.15, 0.2) is 61.1 Å². The molecule has 0 spiro atoms. The Morgan fingerprint density at radius 1 is 1.03 bits per heavy atom. The van der Waals surface area contributed by atoms with Gasteiger partial charge in [0.1, 0.15) is 17.9 Å². The molecular weight excluding hydrogens is 466 g/mol. The maximum absolute atomic E-state index is 13.1. The zero-order chi connectivity index (χ0) is 25.9. The van der Waals surface area contributed by atoms with Crippen molar-refractivity contribution in [1.82, 2.24) is 29.5 Å². The number of ether oxygens (including phenoxy) is 1. The largest absolute Gasteiger partial charge is 0.494 e. The van der Waals surface area contributed by atoms with Gasteiger partial charge in [0, 0.05) is 11.6 Å². The minimum Gasteiger partial charge on any atom is -0.494 e. The van der Waals surface area contributed by atoms with Gasteiger partial charge in [0.15, 0.2) is 11.5 Å². The number of hydrogen-bond acceptors (Lipinski definition) is 6. The summed E-state index contributed by atoms with van der Waals surface area (Å²) in [6.07, 6.45) is 5.27. The lowest BCUT2D eigenvalue weighted by atomic mass is 10.1. The van der Waals surface area contributed by atoms with Gasteiger partial charge in [0.05, 0.1) is 29.6 Å². The van der Waals surface area contributed by atoms with E-state index in [0.29, 0.717) is 29.5 Å². The minimum absolute atomic E-state index is 0.252. The molecule has 0 saturated heterocycles. The third kappa shape index (κ3) is 4.80. The lowest BCUT2D eigenvalue weighted by Crippen LogP contribution is -2.16. The lowest BCUT2D eigenvalue weighted by molar-refractivity contribution is 0.102. The van der Waals surface area contributed by atoms with Gasteiger partial charge < -0.3 is 10.1 Å². The van der Waals surface area contributed by atoms with Crippen LogP contribution in [-0.2, 0) is 0 Å². The predicted molar refractivity (Wildman–Crippen MR) is 143 cm³/mol. The van der Waals surface area contributed by atoms with E-state index in [-0.39, 0.29) is 5.91 Å². The van der Waals surface area contributed by atoms with E-state index >= 15 is 0 Å². The summed E-state index contributed by atoms with van der Waals surface area (Å²) in [6.45, 7) is 8.78. The third-order valence-corrected chi connectivity index (χ3v) is 6.31. The van der Waals surface area contributed by atoms with Crippen LogP contribution in [0.5, 0.6) is 5.75 Å². The van der Waals surface area contributed by atoms with Gasteiger partial charge in [-0.05, 0) is 68.7 Å². The molecule has 1 N–H and O–H groups in total. The molecule has 3 heterocycles. The molecule has 2 aromatic carbocycles. The van der Waals surface area contributed by atoms with Gasteiger partial charge in [0.25, 0.3) is 5.91 Å². The Morgan fingerprint density at radius 3 is 2.62 bits per heavy atom. The number of rotatable bonds is 8. The smallest absolute Gasteiger partial charge is 0.256 e. The van der Waals surface area contributed by atoms with Crippen molar-refractivity contribution < 1.29 is 9.53 Å². The normalized spacial score (nSPS) is 11.1. The molecule has 0 saturated carbocycles. The monoisotopic (exact) mass is 495 g/mol. The summed E-state index contributed by atoms with van der Waals surface area (Å²) < 4.78 is 9.13. The van der Waals surface area contributed by atoms with Gasteiger partial charge in [-0.15, -0.1) is 0 Å². The highest BCUT2D eigenvalue weighted by atomic mass is 16.5. The summed E-state index contributed by atoms with van der Waals surface area (Å²) in [5, 5.41) is 12.9. The van der Waals surface area contributed by atoms with Gasteiger partial charge in [-0.2, -0.15) is 14.9 Å². The summed E-state index contributed by atoms with van der Waals surface area (Å²) >= 11 is 0. The molecule has 37 heavy (non-hydrogen) atoms. The highest BCUT2D eigenvalue weighted by molar-refractivity contribution is 6.04. The first-order valence-electron chi connectivity index (χ1n) is 12.3. The van der Waals surface area contributed by atoms with Crippen LogP contribution in [0.1, 0.15) is 46.9 Å². The standard InChI is InChI=1S/C28H29N7O2/c1-5-6-14-37-22-12-10-21(11-13-22)28(36)32-25-15-19(3)33-35(25)27-23-16-31-34(26(23)29-17-30-27)24-9-7-8-18(2)20(24)4/h7-13,15-17H,5-6,14H2,1-4H3,(H,32,36). The molecule has 0 aliphatic heterocycles. The Morgan fingerprint density at radius 2 is 1.84 bits per heavy atom. The molecule has 1 amide bonds. The fourth-order valence-corrected chi connectivity index (χ4v) is 4.12. The Bertz CT molecular complexity index is 1570. The highest BCUT2D eigenvalue weighted by Gasteiger charge is 2.19. The molecular formula is C28H29N7O2. The van der Waals surface area contributed by atoms with E-state index in [0.717, 1.165) is 40.9 Å². The second-order valence-electron chi connectivity index (χ2n) is 8.97. The van der Waals surface area contributed by atoms with Crippen molar-refractivity contribution in [3.63, 3.8) is 0 Å². The number of nitrogens with one attached hydrogen (secondary N) is 1. The number of anilines is 1. The van der Waals surface area contributed by atoms with Crippen LogP contribution in [0.25, 0.3) is 22.5 Å². The van der Waals surface area contributed by atoms with Crippen molar-refractivity contribution in [3.8, 4) is 17.3 Å². The highest BCUT2D eigenvalue weighted by Crippen LogP contribution is 2.26. The molecule has 3 aromatic heterocycles. The van der Waals surface area contributed by atoms with Gasteiger partial charge in [0.2, 0.25) is 0 Å². The van der Waals surface area contributed by atoms with Gasteiger partial charge in [-0.25, -0.2) is 14.6 Å². The minimum atomic E-state index is -0.252. The van der Waals surface area contributed by atoms with Crippen molar-refractivity contribution in [2.24, 2.45) is 0 Å². The van der Waals surface area contributed by atoms with Crippen LogP contribution >= 0.6 is 0 Å². The average molecular weight is 496 g/mol. The summed E-state index contributed by atoms with van der Waals surface area (Å²) in [4.78, 5) is 22.1. The second kappa shape index (κ2) is 10.2. The lowest BCUT2D eigenvalue weighted by Gasteiger charge is -2.11. The van der Waals surface area contributed by atoms with Crippen molar-refractivity contribution in [3.05, 3.63) is 83.4 Å². The molecule has 0 atom stereocenters. The van der Waals surface area contributed by atoms with E-state index in [4.69, 9.17) is 4.74 Å². The Balaban J connectivity index is 1.45. The summed E-state index contributed by atoms with van der Waals surface area (Å²) in [5.74, 6) is 1.53. The molecule has 0 aliphatic carbocycles. The molecule has 0 fully saturated rings. The summed E-state index contributed by atoms with van der Waals surface area (Å²) in [7, 11) is 0. The average Bonchev–Trinajstić information content (AvgIpc) is 3.49. The van der Waals surface area contributed by atoms with Crippen LogP contribution in [0.3, 0.4) is 0 Å². The zero-order valence-corrected chi connectivity index (χ0v) is 21.4. The van der Waals surface area contributed by atoms with Gasteiger partial charge in [-0.1, -0.05) is 25.5 Å². The quantitative estimate of drug-likeness (QED) is 0.291. The number of amides is 1. The first-order valence-corrected chi connectivity index (χ1v) is 12.3. The van der Waals surface area contributed by atoms with E-state index in [1.165, 1.54) is 11.9 Å². The molecule has 5 rings (SSSR count). The van der Waals surface area contributed by atoms with Crippen molar-refractivity contribution >= 4 is 22.8 Å². The maximum Gasteiger partial charge on any atom is 0.256 e. The Labute approximate surface area is 215 Å². The van der Waals surface area contributed by atoms with Gasteiger partial charge >= 0.3 is 0 Å². The molecule has 9 nitrogen and oxygen atoms in total. The number of unbranched alkanes of at least 4 members (excludes halogenated alkanes) is 1. The maximum atomic E-state index is 13.1. The Kier molecular flexibility index (Phi) is 6.68. The first kappa shape index (κ1) is 24.2. The number of carbonyl (C=O) groups excluding carboxylic acids is 1. The number of aromatic nitrogens is 6. The SMILES string of the molecule is CCCCOc1ccc(C(=O)Nc2cc(C)nn2-c2ncnc3c2cnn3-c2cccc(C)c2C)cc1. The Hall–Kier alpha value is -4.53. The fourth-order valence-electron chi connectivity index (χ4n) is 4.12. The van der Waals surface area contributed by atoms with Crippen LogP contribution in [-0.4, -0.2) is 42.0 Å². The van der Waals surface area contributed by atoms with Crippen molar-refractivity contribution in [1.29, 1.82) is 0 Å². The molecule has 0 unspecified atom stereocenters. The number of benzene rings is 2. The van der Waals surface area contributed by atoms with Crippen molar-refractivity contribution in [2.45, 2.75) is 40.5 Å². The van der Waals surface area contributed by atoms with E-state index in [9.17, 15) is 4.79 Å². The number of carbonyl (C=O) groups is 1. The number of nitrogens with zero attached hydrogens (tertiary/aromatic N) is 6. The summed E-state index contributed by atoms with van der Waals surface area (Å²) in [6, 6.07) is 15.0. The van der Waals surface area contributed by atoms with Gasteiger partial charge in [-0.3, -0.25) is 4.79 Å². The van der Waals surface area contributed by atoms with Crippen LogP contribution in [0.2, 0.25) is 0 Å². The van der Waals surface area contributed by atoms with E-state index in [1.807, 2.05) is 41.9 Å². The number of aryl methyl sites for hydroxylation is 2. The van der Waals surface area contributed by atoms with Crippen LogP contribution in [0.4, 0.5) is 5.82 Å². The molecule has 5 aromatic rings. The molecule has 0 bridgehead atoms. The van der Waals surface area contributed by atoms with E-state index in [1.54, 1.807) is 23.0 Å². The molecule has 9 heteroatoms. The topological polar surface area (TPSA) is 99.8 Å². The van der Waals surface area contributed by atoms with E-state index < -0.39 is 0 Å². The molecule has 188 valence electrons. The predicted octanol–water partition coefficient (Wildman–Crippen LogP) is 5.36. The van der Waals surface area contributed by atoms with Crippen molar-refractivity contribution in [2.75, 3.05) is 11.9 Å². The molecule has 0 radical (unpaired) electrons. The summed E-state index contributed by atoms with van der Waals surface area (Å²) in [5.41, 5.74) is 5.16. The second-order valence-corrected chi connectivity index (χ2v) is 8.97. The van der Waals surface area contributed by atoms with Crippen LogP contribution < -0.4 is 10.1 Å². The number of fused-ring (bicyclic) bond motifs is 1. The number of hydrogen-bond donors (Lipinski definition) is 1. The first-order chi connectivity index (χ1) is 18.0. The molecule has 0 aliphatic rings. The van der Waals surface area contributed by atoms with Crippen LogP contribution in [0, 0.1) is 20.8 Å². The van der Waals surface area contributed by atoms with E-state index in [2.05, 4.69) is 52.3 Å². The third-order valence-electron chi connectivity index (χ3n) is 6.31.